The average Bonchev–Trinajstić information content (AvgIpc) is 3.34. The van der Waals surface area contributed by atoms with Crippen LogP contribution in [0.15, 0.2) is 30.6 Å². The topological polar surface area (TPSA) is 108 Å². The third kappa shape index (κ3) is 3.55. The first-order valence-electron chi connectivity index (χ1n) is 9.69. The number of nitrogens with one attached hydrogen (secondary N) is 3. The van der Waals surface area contributed by atoms with Gasteiger partial charge in [-0.05, 0) is 30.5 Å². The predicted molar refractivity (Wildman–Crippen MR) is 112 cm³/mol. The van der Waals surface area contributed by atoms with Gasteiger partial charge in [0.05, 0.1) is 18.4 Å². The van der Waals surface area contributed by atoms with Crippen molar-refractivity contribution in [2.24, 2.45) is 5.92 Å². The molecule has 4 rings (SSSR count). The molecule has 3 N–H and O–H groups in total. The van der Waals surface area contributed by atoms with Gasteiger partial charge in [-0.3, -0.25) is 4.90 Å². The van der Waals surface area contributed by atoms with E-state index in [1.54, 1.807) is 11.2 Å². The van der Waals surface area contributed by atoms with Gasteiger partial charge >= 0.3 is 6.09 Å². The highest BCUT2D eigenvalue weighted by atomic mass is 16.6. The maximum Gasteiger partial charge on any atom is 0.416 e. The third-order valence-electron chi connectivity index (χ3n) is 5.22. The fourth-order valence-corrected chi connectivity index (χ4v) is 3.44. The summed E-state index contributed by atoms with van der Waals surface area (Å²) in [6.07, 6.45) is 1.15. The van der Waals surface area contributed by atoms with Gasteiger partial charge < -0.3 is 20.4 Å². The number of benzene rings is 1. The van der Waals surface area contributed by atoms with Crippen LogP contribution in [0.25, 0.3) is 11.2 Å². The standard InChI is InChI=1S/C20H25N7O2/c1-11(2)15-9-29-20(28)27(15)18-16-17(23-10-22-16)25-19(26-18)24-12(3)13-5-7-14(21-4)8-6-13/h5-8,10-12,15,21H,9H2,1-4H3,(H2,22,23,24,25,26)/t12-,15+/m0/s1. The van der Waals surface area contributed by atoms with E-state index in [2.05, 4.69) is 44.4 Å². The smallest absolute Gasteiger partial charge is 0.416 e. The van der Waals surface area contributed by atoms with Crippen molar-refractivity contribution in [3.63, 3.8) is 0 Å². The van der Waals surface area contributed by atoms with Gasteiger partial charge in [-0.2, -0.15) is 9.97 Å². The molecular weight excluding hydrogens is 370 g/mol. The highest BCUT2D eigenvalue weighted by Gasteiger charge is 2.38. The van der Waals surface area contributed by atoms with Crippen LogP contribution in [0, 0.1) is 5.92 Å². The number of carbonyl (C=O) groups is 1. The van der Waals surface area contributed by atoms with Crippen LogP contribution in [0.2, 0.25) is 0 Å². The van der Waals surface area contributed by atoms with Gasteiger partial charge in [-0.15, -0.1) is 0 Å². The zero-order chi connectivity index (χ0) is 20.5. The first-order chi connectivity index (χ1) is 14.0. The molecule has 3 heterocycles. The molecule has 1 aliphatic heterocycles. The maximum atomic E-state index is 12.5. The molecule has 9 nitrogen and oxygen atoms in total. The van der Waals surface area contributed by atoms with E-state index in [1.807, 2.05) is 38.2 Å². The number of imidazole rings is 1. The number of hydrogen-bond donors (Lipinski definition) is 3. The fraction of sp³-hybridized carbons (Fsp3) is 0.400. The van der Waals surface area contributed by atoms with E-state index in [4.69, 9.17) is 4.74 Å². The van der Waals surface area contributed by atoms with E-state index in [-0.39, 0.29) is 18.0 Å². The lowest BCUT2D eigenvalue weighted by Gasteiger charge is -2.24. The van der Waals surface area contributed by atoms with Crippen molar-refractivity contribution in [2.75, 3.05) is 29.2 Å². The number of hydrogen-bond acceptors (Lipinski definition) is 7. The number of nitrogens with zero attached hydrogens (tertiary/aromatic N) is 4. The van der Waals surface area contributed by atoms with Crippen molar-refractivity contribution < 1.29 is 9.53 Å². The number of H-pyrrole nitrogens is 1. The SMILES string of the molecule is CNc1ccc([C@H](C)Nc2nc(N3C(=O)OC[C@@H]3C(C)C)c3[nH]cnc3n2)cc1. The molecule has 1 saturated heterocycles. The molecule has 152 valence electrons. The normalized spacial score (nSPS) is 17.6. The molecule has 0 aliphatic carbocycles. The van der Waals surface area contributed by atoms with Crippen LogP contribution in [-0.2, 0) is 4.74 Å². The number of aromatic nitrogens is 4. The molecule has 1 aliphatic rings. The second-order valence-electron chi connectivity index (χ2n) is 7.47. The average molecular weight is 395 g/mol. The molecular formula is C20H25N7O2. The van der Waals surface area contributed by atoms with Crippen LogP contribution in [-0.4, -0.2) is 45.7 Å². The lowest BCUT2D eigenvalue weighted by molar-refractivity contribution is 0.177. The molecule has 0 bridgehead atoms. The summed E-state index contributed by atoms with van der Waals surface area (Å²) in [5.74, 6) is 1.11. The second-order valence-corrected chi connectivity index (χ2v) is 7.47. The monoisotopic (exact) mass is 395 g/mol. The van der Waals surface area contributed by atoms with Crippen molar-refractivity contribution in [3.05, 3.63) is 36.2 Å². The van der Waals surface area contributed by atoms with E-state index in [0.717, 1.165) is 11.3 Å². The van der Waals surface area contributed by atoms with E-state index >= 15 is 0 Å². The van der Waals surface area contributed by atoms with E-state index < -0.39 is 6.09 Å². The lowest BCUT2D eigenvalue weighted by Crippen LogP contribution is -2.38. The number of aromatic amines is 1. The van der Waals surface area contributed by atoms with Crippen LogP contribution in [0.5, 0.6) is 0 Å². The van der Waals surface area contributed by atoms with Crippen LogP contribution in [0.3, 0.4) is 0 Å². The number of carbonyl (C=O) groups excluding carboxylic acids is 1. The Bertz CT molecular complexity index is 1020. The molecule has 0 saturated carbocycles. The number of anilines is 3. The Morgan fingerprint density at radius 3 is 2.66 bits per heavy atom. The molecule has 1 aromatic carbocycles. The van der Waals surface area contributed by atoms with Crippen LogP contribution in [0.1, 0.15) is 32.4 Å². The second kappa shape index (κ2) is 7.57. The van der Waals surface area contributed by atoms with Gasteiger partial charge in [-0.25, -0.2) is 9.78 Å². The highest BCUT2D eigenvalue weighted by molar-refractivity contribution is 5.97. The van der Waals surface area contributed by atoms with Crippen LogP contribution < -0.4 is 15.5 Å². The van der Waals surface area contributed by atoms with Crippen molar-refractivity contribution in [3.8, 4) is 0 Å². The molecule has 0 spiro atoms. The fourth-order valence-electron chi connectivity index (χ4n) is 3.44. The largest absolute Gasteiger partial charge is 0.447 e. The summed E-state index contributed by atoms with van der Waals surface area (Å²) in [7, 11) is 1.89. The number of fused-ring (bicyclic) bond motifs is 1. The Kier molecular flexibility index (Phi) is 4.96. The Balaban J connectivity index is 1.68. The molecule has 2 aromatic heterocycles. The van der Waals surface area contributed by atoms with Crippen molar-refractivity contribution in [1.82, 2.24) is 19.9 Å². The van der Waals surface area contributed by atoms with Gasteiger partial charge in [0.25, 0.3) is 0 Å². The minimum Gasteiger partial charge on any atom is -0.447 e. The van der Waals surface area contributed by atoms with Gasteiger partial charge in [0, 0.05) is 12.7 Å². The number of cyclic esters (lactones) is 1. The number of amides is 1. The minimum absolute atomic E-state index is 0.0310. The van der Waals surface area contributed by atoms with E-state index in [1.165, 1.54) is 0 Å². The molecule has 29 heavy (non-hydrogen) atoms. The number of ether oxygens (including phenoxy) is 1. The molecule has 0 unspecified atom stereocenters. The van der Waals surface area contributed by atoms with Crippen LogP contribution in [0.4, 0.5) is 22.2 Å². The summed E-state index contributed by atoms with van der Waals surface area (Å²) in [5.41, 5.74) is 3.25. The summed E-state index contributed by atoms with van der Waals surface area (Å²) in [6, 6.07) is 8.00. The first kappa shape index (κ1) is 19.0. The van der Waals surface area contributed by atoms with Gasteiger partial charge in [-0.1, -0.05) is 26.0 Å². The highest BCUT2D eigenvalue weighted by Crippen LogP contribution is 2.31. The third-order valence-corrected chi connectivity index (χ3v) is 5.22. The summed E-state index contributed by atoms with van der Waals surface area (Å²) in [4.78, 5) is 30.5. The van der Waals surface area contributed by atoms with Crippen LogP contribution >= 0.6 is 0 Å². The zero-order valence-corrected chi connectivity index (χ0v) is 16.9. The lowest BCUT2D eigenvalue weighted by atomic mass is 10.0. The summed E-state index contributed by atoms with van der Waals surface area (Å²) >= 11 is 0. The summed E-state index contributed by atoms with van der Waals surface area (Å²) < 4.78 is 5.30. The molecule has 9 heteroatoms. The Morgan fingerprint density at radius 1 is 1.21 bits per heavy atom. The van der Waals surface area contributed by atoms with E-state index in [9.17, 15) is 4.79 Å². The van der Waals surface area contributed by atoms with Gasteiger partial charge in [0.1, 0.15) is 12.1 Å². The van der Waals surface area contributed by atoms with Crippen molar-refractivity contribution >= 4 is 34.7 Å². The number of rotatable bonds is 6. The molecule has 0 radical (unpaired) electrons. The van der Waals surface area contributed by atoms with Gasteiger partial charge in [0.15, 0.2) is 11.5 Å². The zero-order valence-electron chi connectivity index (χ0n) is 16.9. The molecule has 1 amide bonds. The van der Waals surface area contributed by atoms with Crippen molar-refractivity contribution in [2.45, 2.75) is 32.9 Å². The molecule has 3 aromatic rings. The quantitative estimate of drug-likeness (QED) is 0.586. The summed E-state index contributed by atoms with van der Waals surface area (Å²) in [6.45, 7) is 6.49. The predicted octanol–water partition coefficient (Wildman–Crippen LogP) is 3.55. The molecule has 1 fully saturated rings. The van der Waals surface area contributed by atoms with E-state index in [0.29, 0.717) is 29.5 Å². The molecule has 2 atom stereocenters. The minimum atomic E-state index is -0.403. The Morgan fingerprint density at radius 2 is 1.97 bits per heavy atom. The van der Waals surface area contributed by atoms with Crippen molar-refractivity contribution in [1.29, 1.82) is 0 Å². The first-order valence-corrected chi connectivity index (χ1v) is 9.69. The van der Waals surface area contributed by atoms with Gasteiger partial charge in [0.2, 0.25) is 5.95 Å². The Hall–Kier alpha value is -3.36. The summed E-state index contributed by atoms with van der Waals surface area (Å²) in [5, 5.41) is 6.43. The Labute approximate surface area is 168 Å². The maximum absolute atomic E-state index is 12.5.